The van der Waals surface area contributed by atoms with E-state index in [9.17, 15) is 9.59 Å². The number of halogens is 1. The molecule has 2 aromatic rings. The molecule has 0 bridgehead atoms. The molecule has 2 heterocycles. The molecule has 2 atom stereocenters. The molecule has 0 aliphatic carbocycles. The van der Waals surface area contributed by atoms with Crippen molar-refractivity contribution in [2.75, 3.05) is 19.6 Å². The van der Waals surface area contributed by atoms with Gasteiger partial charge in [0, 0.05) is 17.6 Å². The summed E-state index contributed by atoms with van der Waals surface area (Å²) in [5.74, 6) is -0.337. The minimum absolute atomic E-state index is 0.0163. The number of carbonyl (C=O) groups excluding carboxylic acids is 1. The minimum Gasteiger partial charge on any atom is -0.408 e. The average Bonchev–Trinajstić information content (AvgIpc) is 2.89. The van der Waals surface area contributed by atoms with E-state index in [2.05, 4.69) is 10.2 Å². The van der Waals surface area contributed by atoms with E-state index in [1.807, 2.05) is 13.8 Å². The summed E-state index contributed by atoms with van der Waals surface area (Å²) in [6.45, 7) is 5.90. The van der Waals surface area contributed by atoms with Crippen LogP contribution >= 0.6 is 11.6 Å². The zero-order valence-corrected chi connectivity index (χ0v) is 15.4. The van der Waals surface area contributed by atoms with Crippen molar-refractivity contribution in [1.29, 1.82) is 0 Å². The van der Waals surface area contributed by atoms with Crippen molar-refractivity contribution in [1.82, 2.24) is 14.8 Å². The summed E-state index contributed by atoms with van der Waals surface area (Å²) in [6.07, 6.45) is 2.72. The Morgan fingerprint density at radius 2 is 2.28 bits per heavy atom. The van der Waals surface area contributed by atoms with E-state index in [0.717, 1.165) is 25.8 Å². The molecule has 0 saturated carbocycles. The first-order valence-corrected chi connectivity index (χ1v) is 9.18. The van der Waals surface area contributed by atoms with Gasteiger partial charge < -0.3 is 9.73 Å². The molecule has 0 radical (unpaired) electrons. The van der Waals surface area contributed by atoms with E-state index in [1.165, 1.54) is 0 Å². The maximum absolute atomic E-state index is 12.3. The molecule has 25 heavy (non-hydrogen) atoms. The van der Waals surface area contributed by atoms with E-state index < -0.39 is 0 Å². The van der Waals surface area contributed by atoms with E-state index >= 15 is 0 Å². The van der Waals surface area contributed by atoms with E-state index in [1.54, 1.807) is 22.8 Å². The van der Waals surface area contributed by atoms with Gasteiger partial charge in [0.2, 0.25) is 5.91 Å². The molecule has 1 amide bonds. The topological polar surface area (TPSA) is 67.5 Å². The maximum Gasteiger partial charge on any atom is 0.420 e. The average molecular weight is 366 g/mol. The van der Waals surface area contributed by atoms with Gasteiger partial charge in [-0.3, -0.25) is 14.3 Å². The summed E-state index contributed by atoms with van der Waals surface area (Å²) in [5.41, 5.74) is 1.26. The fourth-order valence-electron chi connectivity index (χ4n) is 3.36. The molecule has 1 saturated heterocycles. The molecule has 0 spiro atoms. The molecule has 1 aromatic carbocycles. The van der Waals surface area contributed by atoms with Crippen LogP contribution in [0.3, 0.4) is 0 Å². The Balaban J connectivity index is 1.76. The number of fused-ring (bicyclic) bond motifs is 1. The highest BCUT2D eigenvalue weighted by atomic mass is 35.5. The van der Waals surface area contributed by atoms with Crippen LogP contribution in [0.4, 0.5) is 0 Å². The van der Waals surface area contributed by atoms with Gasteiger partial charge in [0.05, 0.1) is 18.1 Å². The number of piperidine rings is 1. The Morgan fingerprint density at radius 1 is 1.48 bits per heavy atom. The van der Waals surface area contributed by atoms with Crippen LogP contribution in [0.1, 0.15) is 39.2 Å². The fourth-order valence-corrected chi connectivity index (χ4v) is 3.53. The van der Waals surface area contributed by atoms with Gasteiger partial charge in [-0.1, -0.05) is 18.5 Å². The van der Waals surface area contributed by atoms with Crippen LogP contribution in [0.15, 0.2) is 27.4 Å². The second kappa shape index (κ2) is 7.62. The second-order valence-corrected chi connectivity index (χ2v) is 7.19. The van der Waals surface area contributed by atoms with Crippen LogP contribution in [0, 0.1) is 0 Å². The third-order valence-corrected chi connectivity index (χ3v) is 5.04. The summed E-state index contributed by atoms with van der Waals surface area (Å²) in [7, 11) is 0. The molecule has 1 N–H and O–H groups in total. The highest BCUT2D eigenvalue weighted by molar-refractivity contribution is 6.31. The van der Waals surface area contributed by atoms with Crippen molar-refractivity contribution in [3.8, 4) is 0 Å². The zero-order chi connectivity index (χ0) is 18.0. The Kier molecular flexibility index (Phi) is 5.49. The number of hydrogen-bond acceptors (Lipinski definition) is 4. The lowest BCUT2D eigenvalue weighted by Crippen LogP contribution is -2.45. The molecule has 0 unspecified atom stereocenters. The zero-order valence-electron chi connectivity index (χ0n) is 14.6. The van der Waals surface area contributed by atoms with Crippen LogP contribution in [0.25, 0.3) is 11.1 Å². The summed E-state index contributed by atoms with van der Waals surface area (Å²) < 4.78 is 7.02. The first-order valence-electron chi connectivity index (χ1n) is 8.80. The van der Waals surface area contributed by atoms with Gasteiger partial charge in [0.1, 0.15) is 0 Å². The number of hydrogen-bond donors (Lipinski definition) is 1. The van der Waals surface area contributed by atoms with Crippen molar-refractivity contribution in [2.45, 2.75) is 45.2 Å². The Hall–Kier alpha value is -1.79. The van der Waals surface area contributed by atoms with Crippen LogP contribution in [0.5, 0.6) is 0 Å². The molecule has 7 heteroatoms. The van der Waals surface area contributed by atoms with E-state index in [0.29, 0.717) is 29.2 Å². The van der Waals surface area contributed by atoms with Gasteiger partial charge >= 0.3 is 5.76 Å². The summed E-state index contributed by atoms with van der Waals surface area (Å²) >= 11 is 6.08. The summed E-state index contributed by atoms with van der Waals surface area (Å²) in [4.78, 5) is 26.6. The van der Waals surface area contributed by atoms with E-state index in [-0.39, 0.29) is 23.7 Å². The number of aromatic nitrogens is 1. The standard InChI is InChI=1S/C18H24ClN3O3/c1-3-12(2)20-17(23)11-21-8-4-5-14(10-21)22-15-9-13(19)6-7-16(15)25-18(22)24/h6-7,9,12,14H,3-5,8,10-11H2,1-2H3,(H,20,23)/t12-,14+/m1/s1. The number of amides is 1. The predicted molar refractivity (Wildman–Crippen MR) is 98.1 cm³/mol. The number of nitrogens with one attached hydrogen (secondary N) is 1. The highest BCUT2D eigenvalue weighted by Gasteiger charge is 2.26. The first-order chi connectivity index (χ1) is 12.0. The predicted octanol–water partition coefficient (Wildman–Crippen LogP) is 2.80. The Labute approximate surface area is 151 Å². The molecule has 1 fully saturated rings. The van der Waals surface area contributed by atoms with Gasteiger partial charge in [-0.2, -0.15) is 0 Å². The summed E-state index contributed by atoms with van der Waals surface area (Å²) in [6, 6.07) is 5.35. The number of benzene rings is 1. The van der Waals surface area contributed by atoms with Crippen molar-refractivity contribution < 1.29 is 9.21 Å². The molecular formula is C18H24ClN3O3. The Bertz CT molecular complexity index is 813. The third-order valence-electron chi connectivity index (χ3n) is 4.81. The van der Waals surface area contributed by atoms with Crippen LogP contribution in [0.2, 0.25) is 5.02 Å². The van der Waals surface area contributed by atoms with Crippen LogP contribution < -0.4 is 11.1 Å². The fraction of sp³-hybridized carbons (Fsp3) is 0.556. The number of nitrogens with zero attached hydrogens (tertiary/aromatic N) is 2. The lowest BCUT2D eigenvalue weighted by Gasteiger charge is -2.32. The van der Waals surface area contributed by atoms with Crippen molar-refractivity contribution in [2.24, 2.45) is 0 Å². The molecule has 3 rings (SSSR count). The van der Waals surface area contributed by atoms with Gasteiger partial charge in [-0.25, -0.2) is 4.79 Å². The minimum atomic E-state index is -0.367. The monoisotopic (exact) mass is 365 g/mol. The molecule has 136 valence electrons. The number of likely N-dealkylation sites (tertiary alicyclic amines) is 1. The first kappa shape index (κ1) is 18.0. The van der Waals surface area contributed by atoms with Crippen molar-refractivity contribution in [3.05, 3.63) is 33.8 Å². The number of oxazole rings is 1. The van der Waals surface area contributed by atoms with Crippen LogP contribution in [-0.4, -0.2) is 41.1 Å². The molecule has 6 nitrogen and oxygen atoms in total. The van der Waals surface area contributed by atoms with E-state index in [4.69, 9.17) is 16.0 Å². The van der Waals surface area contributed by atoms with Crippen molar-refractivity contribution in [3.63, 3.8) is 0 Å². The molecular weight excluding hydrogens is 342 g/mol. The largest absolute Gasteiger partial charge is 0.420 e. The number of rotatable bonds is 5. The van der Waals surface area contributed by atoms with Gasteiger partial charge in [-0.15, -0.1) is 0 Å². The highest BCUT2D eigenvalue weighted by Crippen LogP contribution is 2.26. The summed E-state index contributed by atoms with van der Waals surface area (Å²) in [5, 5.41) is 3.56. The van der Waals surface area contributed by atoms with Gasteiger partial charge in [-0.05, 0) is 50.9 Å². The SMILES string of the molecule is CC[C@@H](C)NC(=O)CN1CCC[C@H](n2c(=O)oc3ccc(Cl)cc32)C1. The van der Waals surface area contributed by atoms with Crippen molar-refractivity contribution >= 4 is 28.6 Å². The molecule has 1 aliphatic rings. The van der Waals surface area contributed by atoms with Gasteiger partial charge in [0.25, 0.3) is 0 Å². The number of carbonyl (C=O) groups is 1. The van der Waals surface area contributed by atoms with Crippen LogP contribution in [-0.2, 0) is 4.79 Å². The quantitative estimate of drug-likeness (QED) is 0.884. The third kappa shape index (κ3) is 4.07. The normalized spacial score (nSPS) is 19.9. The lowest BCUT2D eigenvalue weighted by molar-refractivity contribution is -0.123. The van der Waals surface area contributed by atoms with Gasteiger partial charge in [0.15, 0.2) is 5.58 Å². The molecule has 1 aromatic heterocycles. The smallest absolute Gasteiger partial charge is 0.408 e. The second-order valence-electron chi connectivity index (χ2n) is 6.76. The molecule has 1 aliphatic heterocycles. The lowest BCUT2D eigenvalue weighted by atomic mass is 10.1. The Morgan fingerprint density at radius 3 is 3.04 bits per heavy atom. The maximum atomic E-state index is 12.3.